The van der Waals surface area contributed by atoms with Gasteiger partial charge in [-0.25, -0.2) is 13.4 Å². The molecule has 0 aliphatic rings. The summed E-state index contributed by atoms with van der Waals surface area (Å²) in [4.78, 5) is 4.43. The number of hydrogen-bond donors (Lipinski definition) is 0. The Hall–Kier alpha value is -1.99. The quantitative estimate of drug-likeness (QED) is 0.443. The normalized spacial score (nSPS) is 11.7. The van der Waals surface area contributed by atoms with Crippen LogP contribution in [0.4, 0.5) is 11.4 Å². The molecular weight excluding hydrogens is 342 g/mol. The van der Waals surface area contributed by atoms with Gasteiger partial charge in [-0.15, -0.1) is 0 Å². The Bertz CT molecular complexity index is 821. The molecule has 0 atom stereocenters. The molecule has 0 aromatic heterocycles. The fourth-order valence-corrected chi connectivity index (χ4v) is 3.92. The van der Waals surface area contributed by atoms with E-state index in [-0.39, 0.29) is 0 Å². The van der Waals surface area contributed by atoms with E-state index in [1.807, 2.05) is 32.0 Å². The topological polar surface area (TPSA) is 53.0 Å². The van der Waals surface area contributed by atoms with Crippen LogP contribution < -0.4 is 3.71 Å². The Balaban J connectivity index is 2.16. The molecule has 0 bridgehead atoms. The lowest BCUT2D eigenvalue weighted by atomic mass is 10.1. The first-order valence-electron chi connectivity index (χ1n) is 7.35. The lowest BCUT2D eigenvalue weighted by Gasteiger charge is -2.24. The molecule has 7 heteroatoms. The average Bonchev–Trinajstić information content (AvgIpc) is 2.51. The molecule has 0 saturated carbocycles. The number of aliphatic imine (C=N–C) groups is 1. The molecule has 0 saturated heterocycles. The third-order valence-corrected chi connectivity index (χ3v) is 5.72. The van der Waals surface area contributed by atoms with Gasteiger partial charge in [-0.3, -0.25) is 4.31 Å². The number of hydrogen-bond acceptors (Lipinski definition) is 4. The molecule has 0 unspecified atom stereocenters. The van der Waals surface area contributed by atoms with E-state index in [9.17, 15) is 8.42 Å². The van der Waals surface area contributed by atoms with Gasteiger partial charge in [-0.05, 0) is 37.6 Å². The standard InChI is InChI=1S/C17H21N3O2S2/c1-14-10-11-17(15(2)12-14)18-13-19(3)23-20(24(4,21)22)16-8-6-5-7-9-16/h5-13H,1-4H3. The first kappa shape index (κ1) is 18.4. The molecule has 5 nitrogen and oxygen atoms in total. The van der Waals surface area contributed by atoms with E-state index < -0.39 is 10.0 Å². The molecular formula is C17H21N3O2S2. The summed E-state index contributed by atoms with van der Waals surface area (Å²) in [5.41, 5.74) is 3.71. The highest BCUT2D eigenvalue weighted by Gasteiger charge is 2.19. The van der Waals surface area contributed by atoms with Crippen molar-refractivity contribution in [2.24, 2.45) is 4.99 Å². The highest BCUT2D eigenvalue weighted by atomic mass is 32.3. The zero-order chi connectivity index (χ0) is 17.7. The highest BCUT2D eigenvalue weighted by molar-refractivity contribution is 8.13. The monoisotopic (exact) mass is 363 g/mol. The maximum Gasteiger partial charge on any atom is 0.243 e. The van der Waals surface area contributed by atoms with Crippen LogP contribution in [0.25, 0.3) is 0 Å². The van der Waals surface area contributed by atoms with Crippen molar-refractivity contribution in [3.8, 4) is 0 Å². The number of sulfonamides is 1. The lowest BCUT2D eigenvalue weighted by molar-refractivity contribution is 0.603. The summed E-state index contributed by atoms with van der Waals surface area (Å²) in [6.07, 6.45) is 2.80. The molecule has 128 valence electrons. The van der Waals surface area contributed by atoms with Crippen LogP contribution >= 0.6 is 12.1 Å². The van der Waals surface area contributed by atoms with Crippen molar-refractivity contribution in [2.45, 2.75) is 13.8 Å². The summed E-state index contributed by atoms with van der Waals surface area (Å²) in [6.45, 7) is 4.03. The van der Waals surface area contributed by atoms with Crippen molar-refractivity contribution >= 4 is 39.9 Å². The molecule has 0 spiro atoms. The third kappa shape index (κ3) is 5.01. The van der Waals surface area contributed by atoms with Crippen LogP contribution in [0.5, 0.6) is 0 Å². The van der Waals surface area contributed by atoms with Crippen molar-refractivity contribution in [1.82, 2.24) is 4.31 Å². The Morgan fingerprint density at radius 2 is 1.75 bits per heavy atom. The molecule has 0 radical (unpaired) electrons. The fraction of sp³-hybridized carbons (Fsp3) is 0.235. The van der Waals surface area contributed by atoms with E-state index in [0.717, 1.165) is 23.4 Å². The Labute approximate surface area is 148 Å². The van der Waals surface area contributed by atoms with Crippen molar-refractivity contribution < 1.29 is 8.42 Å². The van der Waals surface area contributed by atoms with Gasteiger partial charge in [0.05, 0.1) is 29.8 Å². The molecule has 0 aliphatic carbocycles. The first-order chi connectivity index (χ1) is 11.3. The van der Waals surface area contributed by atoms with Crippen LogP contribution in [0.2, 0.25) is 0 Å². The maximum atomic E-state index is 12.1. The molecule has 0 fully saturated rings. The largest absolute Gasteiger partial charge is 0.291 e. The summed E-state index contributed by atoms with van der Waals surface area (Å²) >= 11 is 1.06. The van der Waals surface area contributed by atoms with Crippen LogP contribution in [0, 0.1) is 13.8 Å². The second-order valence-corrected chi connectivity index (χ2v) is 8.65. The van der Waals surface area contributed by atoms with E-state index >= 15 is 0 Å². The van der Waals surface area contributed by atoms with Crippen molar-refractivity contribution in [1.29, 1.82) is 0 Å². The van der Waals surface area contributed by atoms with Crippen LogP contribution in [0.1, 0.15) is 11.1 Å². The summed E-state index contributed by atoms with van der Waals surface area (Å²) in [7, 11) is -1.65. The second-order valence-electron chi connectivity index (χ2n) is 5.49. The smallest absolute Gasteiger partial charge is 0.243 e. The van der Waals surface area contributed by atoms with Gasteiger partial charge < -0.3 is 0 Å². The fourth-order valence-electron chi connectivity index (χ4n) is 2.08. The van der Waals surface area contributed by atoms with Gasteiger partial charge in [0.1, 0.15) is 6.34 Å². The molecule has 0 aliphatic heterocycles. The summed E-state index contributed by atoms with van der Waals surface area (Å²) in [5, 5.41) is 0. The van der Waals surface area contributed by atoms with Crippen molar-refractivity contribution in [2.75, 3.05) is 17.0 Å². The lowest BCUT2D eigenvalue weighted by Crippen LogP contribution is -2.27. The zero-order valence-corrected chi connectivity index (χ0v) is 15.8. The number of benzene rings is 2. The number of anilines is 1. The number of aryl methyl sites for hydroxylation is 2. The van der Waals surface area contributed by atoms with Gasteiger partial charge in [-0.2, -0.15) is 3.71 Å². The Kier molecular flexibility index (Phi) is 5.90. The second kappa shape index (κ2) is 7.72. The minimum Gasteiger partial charge on any atom is -0.291 e. The van der Waals surface area contributed by atoms with Gasteiger partial charge in [0.15, 0.2) is 0 Å². The predicted octanol–water partition coefficient (Wildman–Crippen LogP) is 3.92. The van der Waals surface area contributed by atoms with Crippen LogP contribution in [-0.2, 0) is 10.0 Å². The predicted molar refractivity (Wildman–Crippen MR) is 103 cm³/mol. The first-order valence-corrected chi connectivity index (χ1v) is 9.93. The van der Waals surface area contributed by atoms with Gasteiger partial charge in [0.2, 0.25) is 10.0 Å². The average molecular weight is 364 g/mol. The van der Waals surface area contributed by atoms with E-state index in [0.29, 0.717) is 5.69 Å². The highest BCUT2D eigenvalue weighted by Crippen LogP contribution is 2.27. The van der Waals surface area contributed by atoms with E-state index in [2.05, 4.69) is 11.1 Å². The minimum absolute atomic E-state index is 0.594. The third-order valence-electron chi connectivity index (χ3n) is 3.18. The van der Waals surface area contributed by atoms with Crippen LogP contribution in [0.3, 0.4) is 0 Å². The van der Waals surface area contributed by atoms with Crippen LogP contribution in [0.15, 0.2) is 53.5 Å². The SMILES string of the molecule is Cc1ccc(N=CN(C)SN(c2ccccc2)S(C)(=O)=O)c(C)c1. The van der Waals surface area contributed by atoms with Crippen molar-refractivity contribution in [3.63, 3.8) is 0 Å². The van der Waals surface area contributed by atoms with Gasteiger partial charge >= 0.3 is 0 Å². The molecule has 0 heterocycles. The Morgan fingerprint density at radius 1 is 1.08 bits per heavy atom. The van der Waals surface area contributed by atoms with Gasteiger partial charge in [0, 0.05) is 7.05 Å². The molecule has 2 rings (SSSR count). The van der Waals surface area contributed by atoms with Gasteiger partial charge in [-0.1, -0.05) is 35.9 Å². The molecule has 2 aromatic carbocycles. The molecule has 2 aromatic rings. The number of para-hydroxylation sites is 1. The van der Waals surface area contributed by atoms with E-state index in [1.165, 1.54) is 15.5 Å². The van der Waals surface area contributed by atoms with E-state index in [1.54, 1.807) is 42.0 Å². The van der Waals surface area contributed by atoms with Crippen LogP contribution in [-0.4, -0.2) is 32.4 Å². The Morgan fingerprint density at radius 3 is 2.33 bits per heavy atom. The summed E-state index contributed by atoms with van der Waals surface area (Å²) in [5.74, 6) is 0. The van der Waals surface area contributed by atoms with E-state index in [4.69, 9.17) is 0 Å². The summed E-state index contributed by atoms with van der Waals surface area (Å²) in [6, 6.07) is 15.0. The van der Waals surface area contributed by atoms with Gasteiger partial charge in [0.25, 0.3) is 0 Å². The molecule has 0 amide bonds. The number of nitrogens with zero attached hydrogens (tertiary/aromatic N) is 3. The molecule has 0 N–H and O–H groups in total. The number of rotatable bonds is 6. The summed E-state index contributed by atoms with van der Waals surface area (Å²) < 4.78 is 27.1. The maximum absolute atomic E-state index is 12.1. The molecule has 24 heavy (non-hydrogen) atoms. The van der Waals surface area contributed by atoms with Crippen molar-refractivity contribution in [3.05, 3.63) is 59.7 Å². The minimum atomic E-state index is -3.42. The zero-order valence-electron chi connectivity index (χ0n) is 14.2.